The Hall–Kier alpha value is -1.09. The average molecular weight is 197 g/mol. The first-order valence-electron chi connectivity index (χ1n) is 4.76. The molecule has 1 aromatic rings. The zero-order chi connectivity index (χ0) is 10.7. The van der Waals surface area contributed by atoms with Crippen LogP contribution in [0.4, 0.5) is 4.39 Å². The molecule has 14 heavy (non-hydrogen) atoms. The molecule has 0 fully saturated rings. The number of benzene rings is 1. The van der Waals surface area contributed by atoms with Gasteiger partial charge in [-0.1, -0.05) is 6.92 Å². The molecule has 0 spiro atoms. The number of aromatic hydroxyl groups is 1. The molecule has 1 unspecified atom stereocenters. The minimum Gasteiger partial charge on any atom is -0.508 e. The van der Waals surface area contributed by atoms with Crippen LogP contribution in [-0.4, -0.2) is 11.7 Å². The molecule has 3 heteroatoms. The van der Waals surface area contributed by atoms with Gasteiger partial charge in [-0.05, 0) is 43.5 Å². The average Bonchev–Trinajstić information content (AvgIpc) is 2.13. The van der Waals surface area contributed by atoms with Crippen LogP contribution < -0.4 is 5.73 Å². The van der Waals surface area contributed by atoms with Gasteiger partial charge in [0.15, 0.2) is 0 Å². The Bertz CT molecular complexity index is 325. The Morgan fingerprint density at radius 1 is 1.50 bits per heavy atom. The van der Waals surface area contributed by atoms with Crippen molar-refractivity contribution in [3.8, 4) is 5.75 Å². The summed E-state index contributed by atoms with van der Waals surface area (Å²) in [6, 6.07) is 2.67. The Balaban J connectivity index is 3.11. The zero-order valence-corrected chi connectivity index (χ0v) is 8.55. The molecule has 0 aromatic heterocycles. The van der Waals surface area contributed by atoms with E-state index in [4.69, 9.17) is 5.73 Å². The Morgan fingerprint density at radius 3 is 2.71 bits per heavy atom. The topological polar surface area (TPSA) is 46.2 Å². The van der Waals surface area contributed by atoms with Crippen LogP contribution in [0.1, 0.15) is 30.4 Å². The number of rotatable bonds is 3. The summed E-state index contributed by atoms with van der Waals surface area (Å²) in [5.41, 5.74) is 6.63. The maximum absolute atomic E-state index is 13.2. The predicted octanol–water partition coefficient (Wildman–Crippen LogP) is 2.29. The first kappa shape index (κ1) is 11.0. The van der Waals surface area contributed by atoms with Crippen molar-refractivity contribution in [3.63, 3.8) is 0 Å². The van der Waals surface area contributed by atoms with Gasteiger partial charge in [0.2, 0.25) is 0 Å². The standard InChI is InChI=1S/C11H16FNO/c1-7(5-6-13)11-8(2)9(12)3-4-10(11)14/h3-4,7,14H,5-6,13H2,1-2H3. The summed E-state index contributed by atoms with van der Waals surface area (Å²) in [7, 11) is 0. The Morgan fingerprint density at radius 2 is 2.14 bits per heavy atom. The van der Waals surface area contributed by atoms with E-state index in [0.29, 0.717) is 17.7 Å². The molecule has 0 aliphatic carbocycles. The molecule has 3 N–H and O–H groups in total. The van der Waals surface area contributed by atoms with Crippen LogP contribution >= 0.6 is 0 Å². The number of nitrogens with two attached hydrogens (primary N) is 1. The smallest absolute Gasteiger partial charge is 0.126 e. The van der Waals surface area contributed by atoms with Crippen molar-refractivity contribution < 1.29 is 9.50 Å². The lowest BCUT2D eigenvalue weighted by Gasteiger charge is -2.15. The molecule has 1 atom stereocenters. The minimum absolute atomic E-state index is 0.0932. The number of phenols is 1. The quantitative estimate of drug-likeness (QED) is 0.781. The third-order valence-electron chi connectivity index (χ3n) is 2.52. The third kappa shape index (κ3) is 2.04. The highest BCUT2D eigenvalue weighted by atomic mass is 19.1. The number of halogens is 1. The van der Waals surface area contributed by atoms with Crippen molar-refractivity contribution in [2.75, 3.05) is 6.54 Å². The van der Waals surface area contributed by atoms with E-state index in [1.807, 2.05) is 6.92 Å². The molecule has 1 aromatic carbocycles. The summed E-state index contributed by atoms with van der Waals surface area (Å²) in [6.07, 6.45) is 0.748. The van der Waals surface area contributed by atoms with E-state index >= 15 is 0 Å². The molecule has 0 radical (unpaired) electrons. The molecule has 0 bridgehead atoms. The molecule has 78 valence electrons. The maximum Gasteiger partial charge on any atom is 0.126 e. The largest absolute Gasteiger partial charge is 0.508 e. The second kappa shape index (κ2) is 4.42. The van der Waals surface area contributed by atoms with Gasteiger partial charge >= 0.3 is 0 Å². The summed E-state index contributed by atoms with van der Waals surface area (Å²) in [4.78, 5) is 0. The second-order valence-corrected chi connectivity index (χ2v) is 3.58. The molecule has 1 rings (SSSR count). The summed E-state index contributed by atoms with van der Waals surface area (Å²) in [6.45, 7) is 4.16. The van der Waals surface area contributed by atoms with E-state index in [-0.39, 0.29) is 17.5 Å². The fraction of sp³-hybridized carbons (Fsp3) is 0.455. The molecule has 0 heterocycles. The van der Waals surface area contributed by atoms with Crippen molar-refractivity contribution in [2.24, 2.45) is 5.73 Å². The van der Waals surface area contributed by atoms with E-state index in [1.54, 1.807) is 6.92 Å². The fourth-order valence-electron chi connectivity index (χ4n) is 1.70. The van der Waals surface area contributed by atoms with E-state index < -0.39 is 0 Å². The van der Waals surface area contributed by atoms with Gasteiger partial charge in [-0.3, -0.25) is 0 Å². The van der Waals surface area contributed by atoms with Gasteiger partial charge in [0.25, 0.3) is 0 Å². The summed E-state index contributed by atoms with van der Waals surface area (Å²) >= 11 is 0. The van der Waals surface area contributed by atoms with Crippen molar-refractivity contribution in [1.29, 1.82) is 0 Å². The summed E-state index contributed by atoms with van der Waals surface area (Å²) in [5.74, 6) is -0.0257. The molecular weight excluding hydrogens is 181 g/mol. The van der Waals surface area contributed by atoms with Gasteiger partial charge < -0.3 is 10.8 Å². The predicted molar refractivity (Wildman–Crippen MR) is 54.9 cm³/mol. The van der Waals surface area contributed by atoms with Crippen LogP contribution in [0.5, 0.6) is 5.75 Å². The van der Waals surface area contributed by atoms with Gasteiger partial charge in [-0.25, -0.2) is 4.39 Å². The summed E-state index contributed by atoms with van der Waals surface area (Å²) in [5, 5.41) is 9.61. The SMILES string of the molecule is Cc1c(F)ccc(O)c1C(C)CCN. The van der Waals surface area contributed by atoms with Gasteiger partial charge in [0, 0.05) is 5.56 Å². The first-order chi connectivity index (χ1) is 6.57. The van der Waals surface area contributed by atoms with Crippen molar-refractivity contribution in [2.45, 2.75) is 26.2 Å². The third-order valence-corrected chi connectivity index (χ3v) is 2.52. The van der Waals surface area contributed by atoms with E-state index in [0.717, 1.165) is 6.42 Å². The van der Waals surface area contributed by atoms with Crippen molar-refractivity contribution in [1.82, 2.24) is 0 Å². The normalized spacial score (nSPS) is 12.9. The number of hydrogen-bond acceptors (Lipinski definition) is 2. The monoisotopic (exact) mass is 197 g/mol. The van der Waals surface area contributed by atoms with Crippen LogP contribution in [0.3, 0.4) is 0 Å². The lowest BCUT2D eigenvalue weighted by atomic mass is 9.92. The Kier molecular flexibility index (Phi) is 3.47. The van der Waals surface area contributed by atoms with Crippen LogP contribution in [0.2, 0.25) is 0 Å². The van der Waals surface area contributed by atoms with Crippen LogP contribution in [0.15, 0.2) is 12.1 Å². The maximum atomic E-state index is 13.2. The van der Waals surface area contributed by atoms with Gasteiger partial charge in [-0.2, -0.15) is 0 Å². The second-order valence-electron chi connectivity index (χ2n) is 3.58. The molecule has 0 aliphatic heterocycles. The molecule has 0 saturated heterocycles. The van der Waals surface area contributed by atoms with Crippen LogP contribution in [0, 0.1) is 12.7 Å². The highest BCUT2D eigenvalue weighted by Crippen LogP contribution is 2.31. The molecule has 2 nitrogen and oxygen atoms in total. The van der Waals surface area contributed by atoms with Gasteiger partial charge in [-0.15, -0.1) is 0 Å². The lowest BCUT2D eigenvalue weighted by molar-refractivity contribution is 0.456. The summed E-state index contributed by atoms with van der Waals surface area (Å²) < 4.78 is 13.2. The Labute approximate surface area is 83.6 Å². The van der Waals surface area contributed by atoms with Crippen LogP contribution in [0.25, 0.3) is 0 Å². The van der Waals surface area contributed by atoms with Crippen molar-refractivity contribution in [3.05, 3.63) is 29.1 Å². The van der Waals surface area contributed by atoms with Crippen molar-refractivity contribution >= 4 is 0 Å². The molecule has 0 saturated carbocycles. The molecule has 0 amide bonds. The van der Waals surface area contributed by atoms with Gasteiger partial charge in [0.1, 0.15) is 11.6 Å². The lowest BCUT2D eigenvalue weighted by Crippen LogP contribution is -2.06. The molecular formula is C11H16FNO. The van der Waals surface area contributed by atoms with Gasteiger partial charge in [0.05, 0.1) is 0 Å². The number of hydrogen-bond donors (Lipinski definition) is 2. The van der Waals surface area contributed by atoms with E-state index in [9.17, 15) is 9.50 Å². The van der Waals surface area contributed by atoms with E-state index in [1.165, 1.54) is 12.1 Å². The van der Waals surface area contributed by atoms with E-state index in [2.05, 4.69) is 0 Å². The molecule has 0 aliphatic rings. The minimum atomic E-state index is -0.276. The fourth-order valence-corrected chi connectivity index (χ4v) is 1.70. The number of phenolic OH excluding ortho intramolecular Hbond substituents is 1. The highest BCUT2D eigenvalue weighted by Gasteiger charge is 2.15. The van der Waals surface area contributed by atoms with Crippen LogP contribution in [-0.2, 0) is 0 Å². The first-order valence-corrected chi connectivity index (χ1v) is 4.76. The zero-order valence-electron chi connectivity index (χ0n) is 8.55. The highest BCUT2D eigenvalue weighted by molar-refractivity contribution is 5.41.